The molecule has 1 aliphatic rings. The van der Waals surface area contributed by atoms with Crippen molar-refractivity contribution in [3.05, 3.63) is 33.8 Å². The zero-order valence-corrected chi connectivity index (χ0v) is 12.4. The van der Waals surface area contributed by atoms with Gasteiger partial charge in [-0.25, -0.2) is 0 Å². The number of nitrogens with zero attached hydrogens (tertiary/aromatic N) is 1. The molecule has 0 radical (unpaired) electrons. The summed E-state index contributed by atoms with van der Waals surface area (Å²) >= 11 is 12.2. The molecule has 1 aromatic rings. The zero-order chi connectivity index (χ0) is 14.2. The molecule has 0 aliphatic carbocycles. The lowest BCUT2D eigenvalue weighted by molar-refractivity contribution is -0.123. The van der Waals surface area contributed by atoms with E-state index in [1.54, 1.807) is 25.1 Å². The lowest BCUT2D eigenvalue weighted by Crippen LogP contribution is -2.41. The maximum atomic E-state index is 12.2. The highest BCUT2D eigenvalue weighted by Crippen LogP contribution is 2.34. The van der Waals surface area contributed by atoms with Gasteiger partial charge in [0, 0.05) is 11.6 Å². The van der Waals surface area contributed by atoms with Crippen molar-refractivity contribution in [1.82, 2.24) is 10.6 Å². The van der Waals surface area contributed by atoms with Crippen LogP contribution in [0.3, 0.4) is 0 Å². The lowest BCUT2D eigenvalue weighted by Gasteiger charge is -2.23. The van der Waals surface area contributed by atoms with E-state index in [2.05, 4.69) is 15.6 Å². The number of hydrogen-bond donors (Lipinski definition) is 2. The molecule has 1 amide bonds. The van der Waals surface area contributed by atoms with Gasteiger partial charge in [-0.15, -0.1) is 0 Å². The van der Waals surface area contributed by atoms with Crippen molar-refractivity contribution < 1.29 is 4.79 Å². The van der Waals surface area contributed by atoms with E-state index in [1.165, 1.54) is 0 Å². The summed E-state index contributed by atoms with van der Waals surface area (Å²) in [5.41, 5.74) is -0.330. The first-order valence-corrected chi connectivity index (χ1v) is 6.72. The molecule has 6 heteroatoms. The molecular formula is C13H15Cl2N3O. The Bertz CT molecular complexity index is 557. The predicted molar refractivity (Wildman–Crippen MR) is 77.7 cm³/mol. The largest absolute Gasteiger partial charge is 0.338 e. The number of aliphatic imine (C=N–C) groups is 1. The standard InChI is InChI=1S/C13H15Cl2N3O/c1-7(2)16-12-17-11(19)13(3,18-12)8-5-4-6-9(14)10(8)15/h4-7H,1-3H3,(H2,16,17,18,19). The molecule has 4 nitrogen and oxygen atoms in total. The second kappa shape index (κ2) is 5.02. The molecule has 0 aromatic heterocycles. The number of nitrogens with one attached hydrogen (secondary N) is 2. The van der Waals surface area contributed by atoms with E-state index in [-0.39, 0.29) is 11.9 Å². The van der Waals surface area contributed by atoms with Crippen LogP contribution < -0.4 is 10.6 Å². The quantitative estimate of drug-likeness (QED) is 0.882. The number of amides is 1. The maximum Gasteiger partial charge on any atom is 0.256 e. The molecule has 1 fully saturated rings. The van der Waals surface area contributed by atoms with Gasteiger partial charge in [0.05, 0.1) is 10.0 Å². The van der Waals surface area contributed by atoms with Gasteiger partial charge in [-0.1, -0.05) is 35.3 Å². The van der Waals surface area contributed by atoms with Crippen LogP contribution in [0.25, 0.3) is 0 Å². The molecule has 2 N–H and O–H groups in total. The van der Waals surface area contributed by atoms with Gasteiger partial charge in [-0.2, -0.15) is 0 Å². The predicted octanol–water partition coefficient (Wildman–Crippen LogP) is 2.69. The molecule has 1 aliphatic heterocycles. The minimum absolute atomic E-state index is 0.0833. The van der Waals surface area contributed by atoms with Crippen LogP contribution in [0.2, 0.25) is 10.0 Å². The van der Waals surface area contributed by atoms with Gasteiger partial charge in [0.2, 0.25) is 0 Å². The van der Waals surface area contributed by atoms with E-state index in [0.717, 1.165) is 0 Å². The van der Waals surface area contributed by atoms with Crippen LogP contribution in [0.15, 0.2) is 23.2 Å². The van der Waals surface area contributed by atoms with Crippen LogP contribution in [-0.2, 0) is 10.3 Å². The van der Waals surface area contributed by atoms with Crippen LogP contribution in [-0.4, -0.2) is 17.9 Å². The van der Waals surface area contributed by atoms with Crippen molar-refractivity contribution in [2.45, 2.75) is 32.4 Å². The summed E-state index contributed by atoms with van der Waals surface area (Å²) in [5, 5.41) is 6.59. The van der Waals surface area contributed by atoms with Crippen molar-refractivity contribution >= 4 is 35.1 Å². The van der Waals surface area contributed by atoms with Gasteiger partial charge in [-0.3, -0.25) is 15.1 Å². The SMILES string of the molecule is CC(C)N=C1NC(=O)C(C)(c2cccc(Cl)c2Cl)N1. The van der Waals surface area contributed by atoms with E-state index in [1.807, 2.05) is 13.8 Å². The molecule has 1 heterocycles. The third kappa shape index (κ3) is 2.55. The molecule has 1 saturated heterocycles. The van der Waals surface area contributed by atoms with Gasteiger partial charge in [0.1, 0.15) is 5.54 Å². The highest BCUT2D eigenvalue weighted by Gasteiger charge is 2.43. The number of carbonyl (C=O) groups excluding carboxylic acids is 1. The number of benzene rings is 1. The number of carbonyl (C=O) groups is 1. The molecule has 102 valence electrons. The summed E-state index contributed by atoms with van der Waals surface area (Å²) < 4.78 is 0. The highest BCUT2D eigenvalue weighted by molar-refractivity contribution is 6.42. The van der Waals surface area contributed by atoms with Crippen molar-refractivity contribution in [2.24, 2.45) is 4.99 Å². The molecule has 1 unspecified atom stereocenters. The van der Waals surface area contributed by atoms with Gasteiger partial charge < -0.3 is 5.32 Å². The second-order valence-corrected chi connectivity index (χ2v) is 5.66. The first-order valence-electron chi connectivity index (χ1n) is 5.96. The Labute approximate surface area is 122 Å². The molecule has 1 atom stereocenters. The van der Waals surface area contributed by atoms with Gasteiger partial charge >= 0.3 is 0 Å². The summed E-state index contributed by atoms with van der Waals surface area (Å²) in [7, 11) is 0. The summed E-state index contributed by atoms with van der Waals surface area (Å²) in [6.45, 7) is 5.62. The van der Waals surface area contributed by atoms with Gasteiger partial charge in [0.25, 0.3) is 5.91 Å². The van der Waals surface area contributed by atoms with Crippen LogP contribution in [0.1, 0.15) is 26.3 Å². The summed E-state index contributed by atoms with van der Waals surface area (Å²) in [4.78, 5) is 16.5. The molecule has 1 aromatic carbocycles. The summed E-state index contributed by atoms with van der Waals surface area (Å²) in [5.74, 6) is 0.259. The Kier molecular flexibility index (Phi) is 3.74. The first-order chi connectivity index (χ1) is 8.84. The summed E-state index contributed by atoms with van der Waals surface area (Å²) in [6.07, 6.45) is 0. The zero-order valence-electron chi connectivity index (χ0n) is 10.9. The monoisotopic (exact) mass is 299 g/mol. The Hall–Kier alpha value is -1.26. The van der Waals surface area contributed by atoms with Crippen molar-refractivity contribution in [1.29, 1.82) is 0 Å². The van der Waals surface area contributed by atoms with E-state index < -0.39 is 5.54 Å². The minimum atomic E-state index is -0.963. The van der Waals surface area contributed by atoms with Gasteiger partial charge in [-0.05, 0) is 26.8 Å². The Morgan fingerprint density at radius 1 is 1.32 bits per heavy atom. The normalized spacial score (nSPS) is 24.7. The molecule has 2 rings (SSSR count). The van der Waals surface area contributed by atoms with Crippen molar-refractivity contribution in [3.8, 4) is 0 Å². The Morgan fingerprint density at radius 3 is 2.63 bits per heavy atom. The third-order valence-electron chi connectivity index (χ3n) is 2.93. The smallest absolute Gasteiger partial charge is 0.256 e. The molecule has 0 saturated carbocycles. The lowest BCUT2D eigenvalue weighted by atomic mass is 9.92. The van der Waals surface area contributed by atoms with Crippen molar-refractivity contribution in [3.63, 3.8) is 0 Å². The van der Waals surface area contributed by atoms with Crippen molar-refractivity contribution in [2.75, 3.05) is 0 Å². The topological polar surface area (TPSA) is 53.5 Å². The molecule has 19 heavy (non-hydrogen) atoms. The third-order valence-corrected chi connectivity index (χ3v) is 3.75. The fourth-order valence-corrected chi connectivity index (χ4v) is 2.45. The number of hydrogen-bond acceptors (Lipinski definition) is 2. The number of guanidine groups is 1. The highest BCUT2D eigenvalue weighted by atomic mass is 35.5. The Balaban J connectivity index is 2.44. The number of rotatable bonds is 2. The average Bonchev–Trinajstić information content (AvgIpc) is 2.58. The molecular weight excluding hydrogens is 285 g/mol. The van der Waals surface area contributed by atoms with Gasteiger partial charge in [0.15, 0.2) is 5.96 Å². The van der Waals surface area contributed by atoms with Crippen LogP contribution >= 0.6 is 23.2 Å². The second-order valence-electron chi connectivity index (χ2n) is 4.88. The van der Waals surface area contributed by atoms with E-state index in [9.17, 15) is 4.79 Å². The fraction of sp³-hybridized carbons (Fsp3) is 0.385. The van der Waals surface area contributed by atoms with E-state index >= 15 is 0 Å². The Morgan fingerprint density at radius 2 is 2.00 bits per heavy atom. The minimum Gasteiger partial charge on any atom is -0.338 e. The maximum absolute atomic E-state index is 12.2. The molecule has 0 bridgehead atoms. The van der Waals surface area contributed by atoms with Crippen LogP contribution in [0.4, 0.5) is 0 Å². The van der Waals surface area contributed by atoms with Crippen LogP contribution in [0.5, 0.6) is 0 Å². The van der Waals surface area contributed by atoms with Crippen LogP contribution in [0, 0.1) is 0 Å². The first kappa shape index (κ1) is 14.2. The van der Waals surface area contributed by atoms with E-state index in [0.29, 0.717) is 21.6 Å². The number of halogens is 2. The summed E-state index contributed by atoms with van der Waals surface area (Å²) in [6, 6.07) is 5.31. The van der Waals surface area contributed by atoms with E-state index in [4.69, 9.17) is 23.2 Å². The molecule has 0 spiro atoms. The fourth-order valence-electron chi connectivity index (χ4n) is 1.96. The average molecular weight is 300 g/mol.